The van der Waals surface area contributed by atoms with Gasteiger partial charge in [0.2, 0.25) is 5.69 Å². The van der Waals surface area contributed by atoms with Crippen LogP contribution in [-0.4, -0.2) is 51.2 Å². The predicted octanol–water partition coefficient (Wildman–Crippen LogP) is 3.55. The normalized spacial score (nSPS) is 24.2. The van der Waals surface area contributed by atoms with Gasteiger partial charge < -0.3 is 19.4 Å². The number of carbonyl (C=O) groups excluding carboxylic acids is 1. The van der Waals surface area contributed by atoms with Gasteiger partial charge in [-0.05, 0) is 38.8 Å². The number of halogens is 1. The van der Waals surface area contributed by atoms with E-state index in [1.54, 1.807) is 19.9 Å². The molecule has 1 fully saturated rings. The second-order valence-corrected chi connectivity index (χ2v) is 9.08. The Balaban J connectivity index is 1.39. The molecule has 9 heteroatoms. The van der Waals surface area contributed by atoms with E-state index in [1.165, 1.54) is 12.1 Å². The van der Waals surface area contributed by atoms with E-state index in [0.29, 0.717) is 30.3 Å². The number of carbonyl (C=O) groups is 1. The van der Waals surface area contributed by atoms with E-state index in [0.717, 1.165) is 18.5 Å². The topological polar surface area (TPSA) is 72.8 Å². The van der Waals surface area contributed by atoms with Crippen molar-refractivity contribution in [3.05, 3.63) is 53.1 Å². The maximum absolute atomic E-state index is 13.4. The number of rotatable bonds is 5. The lowest BCUT2D eigenvalue weighted by molar-refractivity contribution is -0.443. The maximum Gasteiger partial charge on any atom is 0.259 e. The lowest BCUT2D eigenvalue weighted by Gasteiger charge is -2.21. The first kappa shape index (κ1) is 23.1. The van der Waals surface area contributed by atoms with E-state index in [4.69, 9.17) is 16.0 Å². The van der Waals surface area contributed by atoms with Crippen LogP contribution >= 0.6 is 0 Å². The molecular weight excluding hydrogens is 425 g/mol. The third kappa shape index (κ3) is 4.97. The molecule has 2 aliphatic heterocycles. The zero-order chi connectivity index (χ0) is 23.8. The third-order valence-electron chi connectivity index (χ3n) is 6.01. The molecule has 33 heavy (non-hydrogen) atoms. The van der Waals surface area contributed by atoms with Gasteiger partial charge >= 0.3 is 0 Å². The van der Waals surface area contributed by atoms with Crippen LogP contribution in [0, 0.1) is 25.2 Å². The fourth-order valence-corrected chi connectivity index (χ4v) is 4.43. The third-order valence-corrected chi connectivity index (χ3v) is 6.01. The van der Waals surface area contributed by atoms with E-state index in [2.05, 4.69) is 15.1 Å². The Kier molecular flexibility index (Phi) is 6.32. The fraction of sp³-hybridized carbons (Fsp3) is 0.500. The van der Waals surface area contributed by atoms with Crippen LogP contribution in [0.15, 0.2) is 24.4 Å². The summed E-state index contributed by atoms with van der Waals surface area (Å²) in [5, 5.41) is 3.03. The predicted molar refractivity (Wildman–Crippen MR) is 120 cm³/mol. The summed E-state index contributed by atoms with van der Waals surface area (Å²) in [6.45, 7) is 14.0. The zero-order valence-corrected chi connectivity index (χ0v) is 19.3. The Labute approximate surface area is 192 Å². The molecule has 0 aliphatic carbocycles. The van der Waals surface area contributed by atoms with Gasteiger partial charge in [-0.15, -0.1) is 0 Å². The smallest absolute Gasteiger partial charge is 0.259 e. The average molecular weight is 455 g/mol. The number of aromatic nitrogens is 2. The van der Waals surface area contributed by atoms with Crippen molar-refractivity contribution in [1.82, 2.24) is 14.9 Å². The summed E-state index contributed by atoms with van der Waals surface area (Å²) in [6.07, 6.45) is 4.11. The van der Waals surface area contributed by atoms with Gasteiger partial charge in [-0.25, -0.2) is 18.8 Å². The summed E-state index contributed by atoms with van der Waals surface area (Å²) in [6, 6.07) is 4.27. The summed E-state index contributed by atoms with van der Waals surface area (Å²) in [7, 11) is 1.88. The minimum atomic E-state index is -0.887. The summed E-state index contributed by atoms with van der Waals surface area (Å²) < 4.78 is 29.2. The van der Waals surface area contributed by atoms with Gasteiger partial charge in [0.25, 0.3) is 11.6 Å². The molecule has 3 heterocycles. The number of benzene rings is 1. The van der Waals surface area contributed by atoms with Crippen LogP contribution in [0.3, 0.4) is 0 Å². The minimum absolute atomic E-state index is 0.220. The van der Waals surface area contributed by atoms with E-state index in [1.807, 2.05) is 35.5 Å². The van der Waals surface area contributed by atoms with E-state index in [-0.39, 0.29) is 11.8 Å². The molecule has 0 radical (unpaired) electrons. The number of ether oxygens (including phenoxy) is 2. The van der Waals surface area contributed by atoms with E-state index < -0.39 is 23.8 Å². The molecule has 8 nitrogen and oxygen atoms in total. The number of nitrogens with zero attached hydrogens (tertiary/aromatic N) is 4. The zero-order valence-electron chi connectivity index (χ0n) is 19.3. The van der Waals surface area contributed by atoms with Crippen molar-refractivity contribution in [2.75, 3.05) is 13.1 Å². The maximum atomic E-state index is 13.4. The highest BCUT2D eigenvalue weighted by Crippen LogP contribution is 2.38. The highest BCUT2D eigenvalue weighted by atomic mass is 19.1. The molecule has 174 valence electrons. The molecule has 2 aliphatic rings. The van der Waals surface area contributed by atoms with Gasteiger partial charge in [-0.3, -0.25) is 4.79 Å². The van der Waals surface area contributed by atoms with Crippen molar-refractivity contribution in [2.24, 2.45) is 13.0 Å². The van der Waals surface area contributed by atoms with Gasteiger partial charge in [0, 0.05) is 38.7 Å². The molecule has 1 amide bonds. The molecule has 3 atom stereocenters. The van der Waals surface area contributed by atoms with Crippen LogP contribution in [0.4, 0.5) is 15.8 Å². The van der Waals surface area contributed by atoms with Crippen LogP contribution in [0.25, 0.3) is 4.85 Å². The Morgan fingerprint density at radius 1 is 1.42 bits per heavy atom. The van der Waals surface area contributed by atoms with Crippen LogP contribution in [0.5, 0.6) is 0 Å². The van der Waals surface area contributed by atoms with Crippen molar-refractivity contribution in [2.45, 2.75) is 51.6 Å². The molecule has 1 aromatic carbocycles. The van der Waals surface area contributed by atoms with Crippen molar-refractivity contribution in [1.29, 1.82) is 0 Å². The van der Waals surface area contributed by atoms with Crippen LogP contribution < -0.4 is 5.32 Å². The summed E-state index contributed by atoms with van der Waals surface area (Å²) in [4.78, 5) is 21.0. The fourth-order valence-electron chi connectivity index (χ4n) is 4.43. The molecular formula is C24H29FN5O3+. The Morgan fingerprint density at radius 3 is 2.85 bits per heavy atom. The monoisotopic (exact) mass is 454 g/mol. The molecule has 4 rings (SSSR count). The minimum Gasteiger partial charge on any atom is -0.353 e. The largest absolute Gasteiger partial charge is 0.353 e. The standard InChI is InChI=1S/C24H28FN5O3/c1-15-14-29(5)22(28-15)20-21(33-24(2,3)32-20)23(31)27-13-16-8-10-30(11-9-16)19-7-6-17(25)12-18(19)26-4/h6-7,10,12,14,16,20-21H,8-9,11,13H2,1-3,5H3/p+1/t16?,20-,21-/m1/s1. The quantitative estimate of drug-likeness (QED) is 0.554. The molecule has 1 N–H and O–H groups in total. The molecule has 0 saturated carbocycles. The van der Waals surface area contributed by atoms with Gasteiger partial charge in [0.15, 0.2) is 18.0 Å². The van der Waals surface area contributed by atoms with Crippen LogP contribution in [0.2, 0.25) is 0 Å². The Bertz CT molecular complexity index is 1130. The van der Waals surface area contributed by atoms with Crippen molar-refractivity contribution >= 4 is 23.5 Å². The average Bonchev–Trinajstić information content (AvgIpc) is 3.29. The van der Waals surface area contributed by atoms with Crippen molar-refractivity contribution < 1.29 is 23.2 Å². The van der Waals surface area contributed by atoms with Crippen LogP contribution in [0.1, 0.15) is 44.3 Å². The Hall–Kier alpha value is -3.09. The SMILES string of the molecule is [C-]#[N+]c1cc(F)ccc1[N+]1=CCC(CNC(=O)[C@@H]2OC(C)(C)O[C@H]2c2nc(C)cn2C)CC1. The number of hydrogen-bond acceptors (Lipinski definition) is 4. The summed E-state index contributed by atoms with van der Waals surface area (Å²) in [5.74, 6) is -0.604. The summed E-state index contributed by atoms with van der Waals surface area (Å²) in [5.41, 5.74) is 1.86. The highest BCUT2D eigenvalue weighted by molar-refractivity contribution is 5.82. The van der Waals surface area contributed by atoms with Crippen molar-refractivity contribution in [3.8, 4) is 0 Å². The first-order valence-electron chi connectivity index (χ1n) is 11.1. The molecule has 0 spiro atoms. The number of imidazole rings is 1. The molecule has 2 aromatic rings. The van der Waals surface area contributed by atoms with E-state index in [9.17, 15) is 9.18 Å². The molecule has 1 saturated heterocycles. The Morgan fingerprint density at radius 2 is 2.21 bits per heavy atom. The number of nitrogens with one attached hydrogen (secondary N) is 1. The first-order chi connectivity index (χ1) is 15.7. The molecule has 1 unspecified atom stereocenters. The number of hydrogen-bond donors (Lipinski definition) is 1. The molecule has 0 bridgehead atoms. The lowest BCUT2D eigenvalue weighted by atomic mass is 9.98. The van der Waals surface area contributed by atoms with E-state index >= 15 is 0 Å². The van der Waals surface area contributed by atoms with Gasteiger partial charge in [0.05, 0.1) is 12.3 Å². The second kappa shape index (κ2) is 9.04. The molecule has 1 aromatic heterocycles. The van der Waals surface area contributed by atoms with Gasteiger partial charge in [0.1, 0.15) is 24.4 Å². The second-order valence-electron chi connectivity index (χ2n) is 9.08. The summed E-state index contributed by atoms with van der Waals surface area (Å²) >= 11 is 0. The van der Waals surface area contributed by atoms with Crippen LogP contribution in [-0.2, 0) is 21.3 Å². The lowest BCUT2D eigenvalue weighted by Crippen LogP contribution is -2.41. The highest BCUT2D eigenvalue weighted by Gasteiger charge is 2.47. The van der Waals surface area contributed by atoms with Crippen molar-refractivity contribution in [3.63, 3.8) is 0 Å². The number of amides is 1. The number of aryl methyl sites for hydroxylation is 2. The van der Waals surface area contributed by atoms with Gasteiger partial charge in [-0.2, -0.15) is 0 Å². The first-order valence-corrected chi connectivity index (χ1v) is 11.1. The van der Waals surface area contributed by atoms with Gasteiger partial charge in [-0.1, -0.05) is 0 Å².